The largest absolute Gasteiger partial charge is 0.375 e. The lowest BCUT2D eigenvalue weighted by Gasteiger charge is -2.37. The molecule has 124 valence electrons. The minimum atomic E-state index is -3.72. The average Bonchev–Trinajstić information content (AvgIpc) is 2.62. The molecule has 3 rings (SSSR count). The average molecular weight is 342 g/mol. The second kappa shape index (κ2) is 6.73. The van der Waals surface area contributed by atoms with E-state index in [9.17, 15) is 8.42 Å². The van der Waals surface area contributed by atoms with Crippen LogP contribution in [0.15, 0.2) is 59.5 Å². The molecule has 0 bridgehead atoms. The number of nitriles is 1. The van der Waals surface area contributed by atoms with Gasteiger partial charge in [-0.25, -0.2) is 8.42 Å². The van der Waals surface area contributed by atoms with Crippen LogP contribution >= 0.6 is 0 Å². The number of nitrogens with zero attached hydrogens (tertiary/aromatic N) is 2. The van der Waals surface area contributed by atoms with E-state index >= 15 is 0 Å². The van der Waals surface area contributed by atoms with Crippen molar-refractivity contribution in [3.8, 4) is 6.07 Å². The highest BCUT2D eigenvalue weighted by molar-refractivity contribution is 7.89. The van der Waals surface area contributed by atoms with Gasteiger partial charge in [-0.1, -0.05) is 36.4 Å². The number of hydrogen-bond donors (Lipinski definition) is 0. The third kappa shape index (κ3) is 3.20. The lowest BCUT2D eigenvalue weighted by molar-refractivity contribution is -0.0231. The molecule has 1 fully saturated rings. The first-order valence-electron chi connectivity index (χ1n) is 7.71. The number of rotatable bonds is 3. The van der Waals surface area contributed by atoms with Gasteiger partial charge in [0.25, 0.3) is 0 Å². The molecule has 0 amide bonds. The molecular weight excluding hydrogens is 324 g/mol. The molecule has 1 aliphatic rings. The Bertz CT molecular complexity index is 859. The van der Waals surface area contributed by atoms with Crippen LogP contribution in [-0.4, -0.2) is 32.0 Å². The second-order valence-electron chi connectivity index (χ2n) is 5.78. The van der Waals surface area contributed by atoms with Crippen LogP contribution in [0.5, 0.6) is 0 Å². The molecule has 0 spiro atoms. The van der Waals surface area contributed by atoms with Gasteiger partial charge in [-0.05, 0) is 30.7 Å². The van der Waals surface area contributed by atoms with E-state index in [4.69, 9.17) is 10.00 Å². The zero-order valence-corrected chi connectivity index (χ0v) is 14.1. The standard InChI is InChI=1S/C18H18N2O3S/c1-14-12-20(18(13-23-14)16-7-3-2-4-8-16)24(21,22)17-9-5-6-15(10-17)11-19/h2-10,14,18H,12-13H2,1H3/t14-,18-/m0/s1. The van der Waals surface area contributed by atoms with Gasteiger partial charge in [-0.2, -0.15) is 9.57 Å². The molecule has 0 unspecified atom stereocenters. The Hall–Kier alpha value is -2.20. The third-order valence-corrected chi connectivity index (χ3v) is 5.95. The summed E-state index contributed by atoms with van der Waals surface area (Å²) in [5, 5.41) is 9.03. The maximum Gasteiger partial charge on any atom is 0.243 e. The molecule has 1 aliphatic heterocycles. The Morgan fingerprint density at radius 2 is 1.92 bits per heavy atom. The van der Waals surface area contributed by atoms with Crippen LogP contribution in [0.3, 0.4) is 0 Å². The van der Waals surface area contributed by atoms with Crippen LogP contribution < -0.4 is 0 Å². The molecule has 0 radical (unpaired) electrons. The van der Waals surface area contributed by atoms with Crippen molar-refractivity contribution < 1.29 is 13.2 Å². The van der Waals surface area contributed by atoms with Crippen molar-refractivity contribution in [1.82, 2.24) is 4.31 Å². The second-order valence-corrected chi connectivity index (χ2v) is 7.68. The van der Waals surface area contributed by atoms with E-state index < -0.39 is 10.0 Å². The zero-order valence-electron chi connectivity index (χ0n) is 13.3. The molecule has 0 N–H and O–H groups in total. The van der Waals surface area contributed by atoms with E-state index in [0.717, 1.165) is 5.56 Å². The summed E-state index contributed by atoms with van der Waals surface area (Å²) in [5.41, 5.74) is 1.22. The highest BCUT2D eigenvalue weighted by Gasteiger charge is 2.37. The highest BCUT2D eigenvalue weighted by Crippen LogP contribution is 2.32. The van der Waals surface area contributed by atoms with E-state index in [-0.39, 0.29) is 23.6 Å². The first-order valence-corrected chi connectivity index (χ1v) is 9.15. The van der Waals surface area contributed by atoms with Gasteiger partial charge in [0.1, 0.15) is 0 Å². The molecule has 2 aromatic carbocycles. The number of hydrogen-bond acceptors (Lipinski definition) is 4. The quantitative estimate of drug-likeness (QED) is 0.860. The Morgan fingerprint density at radius 1 is 1.17 bits per heavy atom. The maximum absolute atomic E-state index is 13.1. The summed E-state index contributed by atoms with van der Waals surface area (Å²) >= 11 is 0. The molecule has 0 aliphatic carbocycles. The van der Waals surface area contributed by atoms with Crippen LogP contribution in [0.1, 0.15) is 24.1 Å². The number of morpholine rings is 1. The van der Waals surface area contributed by atoms with Gasteiger partial charge >= 0.3 is 0 Å². The molecule has 1 heterocycles. The van der Waals surface area contributed by atoms with Crippen molar-refractivity contribution in [1.29, 1.82) is 5.26 Å². The molecule has 0 aromatic heterocycles. The molecule has 1 saturated heterocycles. The smallest absolute Gasteiger partial charge is 0.243 e. The fraction of sp³-hybridized carbons (Fsp3) is 0.278. The van der Waals surface area contributed by atoms with Gasteiger partial charge in [0.05, 0.1) is 35.3 Å². The van der Waals surface area contributed by atoms with Gasteiger partial charge in [0.2, 0.25) is 10.0 Å². The predicted molar refractivity (Wildman–Crippen MR) is 89.6 cm³/mol. The number of ether oxygens (including phenoxy) is 1. The SMILES string of the molecule is C[C@H]1CN(S(=O)(=O)c2cccc(C#N)c2)[C@H](c2ccccc2)CO1. The minimum Gasteiger partial charge on any atom is -0.375 e. The molecule has 24 heavy (non-hydrogen) atoms. The van der Waals surface area contributed by atoms with Crippen LogP contribution in [-0.2, 0) is 14.8 Å². The summed E-state index contributed by atoms with van der Waals surface area (Å²) in [6, 6.07) is 17.2. The van der Waals surface area contributed by atoms with E-state index in [0.29, 0.717) is 12.2 Å². The minimum absolute atomic E-state index is 0.136. The number of benzene rings is 2. The Kier molecular flexibility index (Phi) is 4.67. The Balaban J connectivity index is 2.03. The molecule has 2 atom stereocenters. The van der Waals surface area contributed by atoms with Gasteiger partial charge in [0, 0.05) is 6.54 Å². The van der Waals surface area contributed by atoms with Crippen LogP contribution in [0.2, 0.25) is 0 Å². The summed E-state index contributed by atoms with van der Waals surface area (Å²) < 4.78 is 33.5. The first-order chi connectivity index (χ1) is 11.5. The van der Waals surface area contributed by atoms with Crippen molar-refractivity contribution in [3.05, 3.63) is 65.7 Å². The highest BCUT2D eigenvalue weighted by atomic mass is 32.2. The van der Waals surface area contributed by atoms with E-state index in [1.165, 1.54) is 16.4 Å². The Labute approximate surface area is 142 Å². The van der Waals surface area contributed by atoms with Gasteiger partial charge in [-0.15, -0.1) is 0 Å². The molecule has 2 aromatic rings. The van der Waals surface area contributed by atoms with Crippen molar-refractivity contribution >= 4 is 10.0 Å². The fourth-order valence-electron chi connectivity index (χ4n) is 2.84. The maximum atomic E-state index is 13.1. The van der Waals surface area contributed by atoms with Crippen molar-refractivity contribution in [3.63, 3.8) is 0 Å². The van der Waals surface area contributed by atoms with Gasteiger partial charge in [0.15, 0.2) is 0 Å². The summed E-state index contributed by atoms with van der Waals surface area (Å²) in [7, 11) is -3.72. The summed E-state index contributed by atoms with van der Waals surface area (Å²) in [4.78, 5) is 0.136. The van der Waals surface area contributed by atoms with Gasteiger partial charge in [-0.3, -0.25) is 0 Å². The summed E-state index contributed by atoms with van der Waals surface area (Å²) in [6.07, 6.45) is -0.182. The Morgan fingerprint density at radius 3 is 2.62 bits per heavy atom. The monoisotopic (exact) mass is 342 g/mol. The van der Waals surface area contributed by atoms with E-state index in [1.807, 2.05) is 43.3 Å². The fourth-order valence-corrected chi connectivity index (χ4v) is 4.56. The van der Waals surface area contributed by atoms with Crippen molar-refractivity contribution in [2.24, 2.45) is 0 Å². The normalized spacial score (nSPS) is 22.0. The zero-order chi connectivity index (χ0) is 17.2. The van der Waals surface area contributed by atoms with Crippen LogP contribution in [0, 0.1) is 11.3 Å². The van der Waals surface area contributed by atoms with Gasteiger partial charge < -0.3 is 4.74 Å². The molecular formula is C18H18N2O3S. The lowest BCUT2D eigenvalue weighted by Crippen LogP contribution is -2.46. The third-order valence-electron chi connectivity index (χ3n) is 4.08. The van der Waals surface area contributed by atoms with Crippen molar-refractivity contribution in [2.75, 3.05) is 13.2 Å². The number of sulfonamides is 1. The summed E-state index contributed by atoms with van der Waals surface area (Å²) in [5.74, 6) is 0. The predicted octanol–water partition coefficient (Wildman–Crippen LogP) is 2.71. The molecule has 5 nitrogen and oxygen atoms in total. The summed E-state index contributed by atoms with van der Waals surface area (Å²) in [6.45, 7) is 2.44. The van der Waals surface area contributed by atoms with E-state index in [1.54, 1.807) is 12.1 Å². The lowest BCUT2D eigenvalue weighted by atomic mass is 10.1. The van der Waals surface area contributed by atoms with Crippen LogP contribution in [0.25, 0.3) is 0 Å². The van der Waals surface area contributed by atoms with Crippen molar-refractivity contribution in [2.45, 2.75) is 24.0 Å². The molecule has 0 saturated carbocycles. The first kappa shape index (κ1) is 16.7. The van der Waals surface area contributed by atoms with E-state index in [2.05, 4.69) is 0 Å². The topological polar surface area (TPSA) is 70.4 Å². The molecule has 6 heteroatoms. The van der Waals surface area contributed by atoms with Crippen LogP contribution in [0.4, 0.5) is 0 Å².